The average molecular weight is 289 g/mol. The fraction of sp³-hybridized carbons (Fsp3) is 0.588. The Bertz CT molecular complexity index is 481. The summed E-state index contributed by atoms with van der Waals surface area (Å²) in [6, 6.07) is 8.23. The molecular formula is C17H27N3O. The van der Waals surface area contributed by atoms with Crippen LogP contribution in [0.15, 0.2) is 24.3 Å². The maximum atomic E-state index is 10.8. The summed E-state index contributed by atoms with van der Waals surface area (Å²) in [6.07, 6.45) is 5.12. The Morgan fingerprint density at radius 1 is 1.33 bits per heavy atom. The van der Waals surface area contributed by atoms with Gasteiger partial charge in [-0.1, -0.05) is 32.4 Å². The maximum Gasteiger partial charge on any atom is 0.316 e. The van der Waals surface area contributed by atoms with Crippen LogP contribution < -0.4 is 16.4 Å². The Kier molecular flexibility index (Phi) is 4.88. The van der Waals surface area contributed by atoms with Crippen LogP contribution >= 0.6 is 0 Å². The molecule has 0 spiro atoms. The molecule has 4 heteroatoms. The molecule has 0 bridgehead atoms. The van der Waals surface area contributed by atoms with Crippen molar-refractivity contribution in [2.75, 3.05) is 5.32 Å². The summed E-state index contributed by atoms with van der Waals surface area (Å²) in [4.78, 5) is 10.8. The van der Waals surface area contributed by atoms with Gasteiger partial charge in [0.05, 0.1) is 0 Å². The summed E-state index contributed by atoms with van der Waals surface area (Å²) in [7, 11) is 0. The third kappa shape index (κ3) is 4.74. The van der Waals surface area contributed by atoms with E-state index in [1.165, 1.54) is 31.2 Å². The monoisotopic (exact) mass is 289 g/mol. The standard InChI is InChI=1S/C17H27N3O/c1-12(19-15-5-4-10-17(2,3)11-15)13-6-8-14(9-7-13)20-16(18)21/h6-9,12,15,19H,4-5,10-11H2,1-3H3,(H3,18,20,21). The molecule has 1 aromatic rings. The van der Waals surface area contributed by atoms with Crippen LogP contribution in [-0.2, 0) is 0 Å². The van der Waals surface area contributed by atoms with E-state index in [4.69, 9.17) is 5.73 Å². The van der Waals surface area contributed by atoms with Crippen molar-refractivity contribution in [3.63, 3.8) is 0 Å². The highest BCUT2D eigenvalue weighted by Gasteiger charge is 2.28. The average Bonchev–Trinajstić information content (AvgIpc) is 2.37. The molecule has 116 valence electrons. The molecule has 0 aromatic heterocycles. The van der Waals surface area contributed by atoms with Crippen LogP contribution in [0.25, 0.3) is 0 Å². The van der Waals surface area contributed by atoms with Gasteiger partial charge in [-0.15, -0.1) is 0 Å². The van der Waals surface area contributed by atoms with Crippen LogP contribution in [0.2, 0.25) is 0 Å². The number of nitrogens with one attached hydrogen (secondary N) is 2. The Balaban J connectivity index is 1.93. The molecule has 0 saturated heterocycles. The van der Waals surface area contributed by atoms with E-state index in [1.54, 1.807) is 0 Å². The number of amides is 2. The number of primary amides is 1. The van der Waals surface area contributed by atoms with Gasteiger partial charge in [0, 0.05) is 17.8 Å². The highest BCUT2D eigenvalue weighted by Crippen LogP contribution is 2.35. The van der Waals surface area contributed by atoms with E-state index in [2.05, 4.69) is 31.4 Å². The van der Waals surface area contributed by atoms with E-state index in [0.717, 1.165) is 5.69 Å². The van der Waals surface area contributed by atoms with Crippen LogP contribution in [0.4, 0.5) is 10.5 Å². The topological polar surface area (TPSA) is 67.2 Å². The van der Waals surface area contributed by atoms with Gasteiger partial charge < -0.3 is 16.4 Å². The third-order valence-corrected chi connectivity index (χ3v) is 4.37. The largest absolute Gasteiger partial charge is 0.351 e. The first-order chi connectivity index (χ1) is 9.85. The molecule has 1 aliphatic carbocycles. The number of benzene rings is 1. The van der Waals surface area contributed by atoms with Crippen molar-refractivity contribution in [1.29, 1.82) is 0 Å². The van der Waals surface area contributed by atoms with Crippen molar-refractivity contribution in [3.05, 3.63) is 29.8 Å². The highest BCUT2D eigenvalue weighted by molar-refractivity contribution is 5.87. The van der Waals surface area contributed by atoms with Crippen LogP contribution in [0.1, 0.15) is 58.1 Å². The lowest BCUT2D eigenvalue weighted by molar-refractivity contribution is 0.191. The van der Waals surface area contributed by atoms with Gasteiger partial charge in [-0.25, -0.2) is 4.79 Å². The smallest absolute Gasteiger partial charge is 0.316 e. The van der Waals surface area contributed by atoms with E-state index in [1.807, 2.05) is 24.3 Å². The van der Waals surface area contributed by atoms with Gasteiger partial charge in [-0.05, 0) is 49.3 Å². The number of nitrogens with two attached hydrogens (primary N) is 1. The quantitative estimate of drug-likeness (QED) is 0.789. The van der Waals surface area contributed by atoms with Gasteiger partial charge in [-0.3, -0.25) is 0 Å². The van der Waals surface area contributed by atoms with Crippen LogP contribution in [0.3, 0.4) is 0 Å². The Morgan fingerprint density at radius 3 is 2.57 bits per heavy atom. The van der Waals surface area contributed by atoms with E-state index in [-0.39, 0.29) is 0 Å². The van der Waals surface area contributed by atoms with Gasteiger partial charge in [0.2, 0.25) is 0 Å². The first-order valence-electron chi connectivity index (χ1n) is 7.78. The first-order valence-corrected chi connectivity index (χ1v) is 7.78. The molecule has 0 radical (unpaired) electrons. The van der Waals surface area contributed by atoms with E-state index < -0.39 is 6.03 Å². The Hall–Kier alpha value is -1.55. The van der Waals surface area contributed by atoms with Gasteiger partial charge >= 0.3 is 6.03 Å². The number of urea groups is 1. The zero-order valence-corrected chi connectivity index (χ0v) is 13.3. The Labute approximate surface area is 127 Å². The molecule has 1 fully saturated rings. The van der Waals surface area contributed by atoms with E-state index >= 15 is 0 Å². The molecule has 4 nitrogen and oxygen atoms in total. The van der Waals surface area contributed by atoms with Crippen molar-refractivity contribution < 1.29 is 4.79 Å². The van der Waals surface area contributed by atoms with Gasteiger partial charge in [0.25, 0.3) is 0 Å². The van der Waals surface area contributed by atoms with Crippen molar-refractivity contribution in [1.82, 2.24) is 5.32 Å². The lowest BCUT2D eigenvalue weighted by Crippen LogP contribution is -2.38. The number of anilines is 1. The number of hydrogen-bond donors (Lipinski definition) is 3. The maximum absolute atomic E-state index is 10.8. The predicted molar refractivity (Wildman–Crippen MR) is 87.2 cm³/mol. The lowest BCUT2D eigenvalue weighted by atomic mass is 9.75. The van der Waals surface area contributed by atoms with E-state index in [9.17, 15) is 4.79 Å². The molecule has 0 aliphatic heterocycles. The molecule has 2 atom stereocenters. The molecular weight excluding hydrogens is 262 g/mol. The highest BCUT2D eigenvalue weighted by atomic mass is 16.2. The summed E-state index contributed by atoms with van der Waals surface area (Å²) in [5.41, 5.74) is 7.52. The van der Waals surface area contributed by atoms with Crippen molar-refractivity contribution in [2.45, 2.75) is 58.5 Å². The van der Waals surface area contributed by atoms with Gasteiger partial charge in [0.1, 0.15) is 0 Å². The number of hydrogen-bond acceptors (Lipinski definition) is 2. The van der Waals surface area contributed by atoms with Crippen LogP contribution in [0.5, 0.6) is 0 Å². The fourth-order valence-corrected chi connectivity index (χ4v) is 3.29. The SMILES string of the molecule is CC(NC1CCCC(C)(C)C1)c1ccc(NC(N)=O)cc1. The summed E-state index contributed by atoms with van der Waals surface area (Å²) in [5, 5.41) is 6.32. The van der Waals surface area contributed by atoms with Crippen LogP contribution in [-0.4, -0.2) is 12.1 Å². The molecule has 1 aliphatic rings. The van der Waals surface area contributed by atoms with Crippen molar-refractivity contribution in [2.24, 2.45) is 11.1 Å². The van der Waals surface area contributed by atoms with Gasteiger partial charge in [0.15, 0.2) is 0 Å². The second-order valence-electron chi connectivity index (χ2n) is 6.96. The molecule has 1 aromatic carbocycles. The molecule has 21 heavy (non-hydrogen) atoms. The second-order valence-corrected chi connectivity index (χ2v) is 6.96. The second kappa shape index (κ2) is 6.48. The molecule has 2 amide bonds. The van der Waals surface area contributed by atoms with Crippen LogP contribution in [0, 0.1) is 5.41 Å². The summed E-state index contributed by atoms with van der Waals surface area (Å²) in [5.74, 6) is 0. The molecule has 2 rings (SSSR count). The Morgan fingerprint density at radius 2 is 2.00 bits per heavy atom. The molecule has 2 unspecified atom stereocenters. The van der Waals surface area contributed by atoms with Crippen molar-refractivity contribution in [3.8, 4) is 0 Å². The summed E-state index contributed by atoms with van der Waals surface area (Å²) < 4.78 is 0. The number of carbonyl (C=O) groups is 1. The minimum Gasteiger partial charge on any atom is -0.351 e. The van der Waals surface area contributed by atoms with Crippen molar-refractivity contribution >= 4 is 11.7 Å². The van der Waals surface area contributed by atoms with E-state index in [0.29, 0.717) is 17.5 Å². The normalized spacial score (nSPS) is 22.5. The molecule has 0 heterocycles. The summed E-state index contributed by atoms with van der Waals surface area (Å²) >= 11 is 0. The fourth-order valence-electron chi connectivity index (χ4n) is 3.29. The molecule has 4 N–H and O–H groups in total. The minimum absolute atomic E-state index is 0.312. The first kappa shape index (κ1) is 15.8. The predicted octanol–water partition coefficient (Wildman–Crippen LogP) is 3.80. The van der Waals surface area contributed by atoms with Gasteiger partial charge in [-0.2, -0.15) is 0 Å². The zero-order chi connectivity index (χ0) is 15.5. The third-order valence-electron chi connectivity index (χ3n) is 4.37. The minimum atomic E-state index is -0.529. The number of rotatable bonds is 4. The zero-order valence-electron chi connectivity index (χ0n) is 13.3. The summed E-state index contributed by atoms with van der Waals surface area (Å²) in [6.45, 7) is 6.91. The lowest BCUT2D eigenvalue weighted by Gasteiger charge is -2.37. The number of carbonyl (C=O) groups excluding carboxylic acids is 1. The molecule has 1 saturated carbocycles.